The third-order valence-corrected chi connectivity index (χ3v) is 13.2. The second kappa shape index (κ2) is 14.8. The van der Waals surface area contributed by atoms with Gasteiger partial charge in [-0.05, 0) is 90.8 Å². The molecule has 1 spiro atoms. The number of esters is 2. The van der Waals surface area contributed by atoms with Gasteiger partial charge in [0.1, 0.15) is 12.2 Å². The molecule has 2 aromatic carbocycles. The lowest BCUT2D eigenvalue weighted by atomic mass is 9.49. The molecule has 1 amide bonds. The molecule has 56 heavy (non-hydrogen) atoms. The summed E-state index contributed by atoms with van der Waals surface area (Å²) in [7, 11) is 0. The summed E-state index contributed by atoms with van der Waals surface area (Å²) in [5.41, 5.74) is 6.99. The molecule has 3 aromatic rings. The Morgan fingerprint density at radius 2 is 1.82 bits per heavy atom. The number of ketones is 2. The van der Waals surface area contributed by atoms with E-state index >= 15 is 0 Å². The van der Waals surface area contributed by atoms with Crippen molar-refractivity contribution in [2.45, 2.75) is 88.1 Å². The topological polar surface area (TPSA) is 188 Å². The van der Waals surface area contributed by atoms with Gasteiger partial charge >= 0.3 is 11.9 Å². The van der Waals surface area contributed by atoms with Crippen LogP contribution in [0, 0.1) is 23.2 Å². The molecule has 4 fully saturated rings. The van der Waals surface area contributed by atoms with Crippen LogP contribution in [0.2, 0.25) is 0 Å². The third-order valence-electron chi connectivity index (χ3n) is 13.2. The third kappa shape index (κ3) is 6.67. The fourth-order valence-electron chi connectivity index (χ4n) is 10.4. The molecule has 3 saturated carbocycles. The summed E-state index contributed by atoms with van der Waals surface area (Å²) in [6, 6.07) is 14.6. The first-order chi connectivity index (χ1) is 27.0. The van der Waals surface area contributed by atoms with E-state index in [1.54, 1.807) is 48.8 Å². The van der Waals surface area contributed by atoms with E-state index in [4.69, 9.17) is 19.9 Å². The predicted molar refractivity (Wildman–Crippen MR) is 205 cm³/mol. The van der Waals surface area contributed by atoms with Gasteiger partial charge in [-0.2, -0.15) is 0 Å². The van der Waals surface area contributed by atoms with Crippen molar-refractivity contribution in [2.24, 2.45) is 28.9 Å². The smallest absolute Gasteiger partial charge is 0.306 e. The number of aromatic nitrogens is 1. The van der Waals surface area contributed by atoms with Gasteiger partial charge in [-0.1, -0.05) is 48.9 Å². The highest BCUT2D eigenvalue weighted by Gasteiger charge is 2.83. The number of hydrogen-bond acceptors (Lipinski definition) is 11. The van der Waals surface area contributed by atoms with E-state index in [0.29, 0.717) is 18.5 Å². The van der Waals surface area contributed by atoms with Gasteiger partial charge in [-0.25, -0.2) is 0 Å². The van der Waals surface area contributed by atoms with Crippen LogP contribution >= 0.6 is 0 Å². The number of rotatable bonds is 13. The summed E-state index contributed by atoms with van der Waals surface area (Å²) in [5, 5.41) is 16.4. The van der Waals surface area contributed by atoms with E-state index in [2.05, 4.69) is 17.2 Å². The monoisotopic (exact) mass is 761 g/mol. The lowest BCUT2D eigenvalue weighted by Gasteiger charge is -2.55. The molecule has 8 rings (SSSR count). The summed E-state index contributed by atoms with van der Waals surface area (Å²) < 4.78 is 17.1. The van der Waals surface area contributed by atoms with Gasteiger partial charge in [0.2, 0.25) is 11.7 Å². The molecule has 0 bridgehead atoms. The van der Waals surface area contributed by atoms with E-state index in [1.807, 2.05) is 30.3 Å². The van der Waals surface area contributed by atoms with Crippen molar-refractivity contribution in [3.63, 3.8) is 0 Å². The van der Waals surface area contributed by atoms with E-state index < -0.39 is 47.2 Å². The SMILES string of the molecule is C[C@]12C=CC(=O)C=C1CC[C@@H]1[C@@H]2[C@@H](O)C[C@]23O[C@]2(C(=O)COC(=O)CCCC(=O)OCc2ccc([C@@H](CN)C(=O)Nc4ccc5cnccc5c4)cc2)CC[C@@H]13. The molecule has 0 radical (unpaired) electrons. The number of aliphatic hydroxyl groups is 1. The van der Waals surface area contributed by atoms with Crippen LogP contribution in [0.15, 0.2) is 84.7 Å². The average Bonchev–Trinajstić information content (AvgIpc) is 3.71. The first kappa shape index (κ1) is 37.9. The van der Waals surface area contributed by atoms with Crippen LogP contribution in [-0.2, 0) is 44.8 Å². The van der Waals surface area contributed by atoms with E-state index in [1.165, 1.54) is 0 Å². The second-order valence-corrected chi connectivity index (χ2v) is 16.2. The summed E-state index contributed by atoms with van der Waals surface area (Å²) in [6.07, 6.45) is 11.5. The number of nitrogens with zero attached hydrogens (tertiary/aromatic N) is 1. The number of benzene rings is 2. The molecule has 0 unspecified atom stereocenters. The van der Waals surface area contributed by atoms with Crippen molar-refractivity contribution in [1.82, 2.24) is 4.98 Å². The maximum absolute atomic E-state index is 13.5. The van der Waals surface area contributed by atoms with Gasteiger partial charge in [0.25, 0.3) is 0 Å². The molecule has 1 saturated heterocycles. The van der Waals surface area contributed by atoms with Crippen LogP contribution < -0.4 is 11.1 Å². The van der Waals surface area contributed by atoms with Crippen molar-refractivity contribution < 1.29 is 43.3 Å². The second-order valence-electron chi connectivity index (χ2n) is 16.2. The number of hydrogen-bond donors (Lipinski definition) is 3. The van der Waals surface area contributed by atoms with Crippen LogP contribution in [0.4, 0.5) is 5.69 Å². The molecule has 2 heterocycles. The van der Waals surface area contributed by atoms with Gasteiger partial charge in [-0.15, -0.1) is 0 Å². The summed E-state index contributed by atoms with van der Waals surface area (Å²) >= 11 is 0. The van der Waals surface area contributed by atoms with Crippen LogP contribution in [-0.4, -0.2) is 70.0 Å². The Morgan fingerprint density at radius 3 is 2.61 bits per heavy atom. The van der Waals surface area contributed by atoms with Gasteiger partial charge in [0.05, 0.1) is 12.0 Å². The fourth-order valence-corrected chi connectivity index (χ4v) is 10.4. The number of fused-ring (bicyclic) bond motifs is 5. The van der Waals surface area contributed by atoms with E-state index in [9.17, 15) is 29.1 Å². The number of carbonyl (C=O) groups excluding carboxylic acids is 5. The molecule has 12 heteroatoms. The van der Waals surface area contributed by atoms with E-state index in [0.717, 1.165) is 46.7 Å². The molecular weight excluding hydrogens is 714 g/mol. The number of Topliss-reactive ketones (excluding diaryl/α,β-unsaturated/α-hetero) is 1. The van der Waals surface area contributed by atoms with Crippen LogP contribution in [0.5, 0.6) is 0 Å². The van der Waals surface area contributed by atoms with E-state index in [-0.39, 0.29) is 67.6 Å². The predicted octanol–water partition coefficient (Wildman–Crippen LogP) is 5.02. The zero-order valence-electron chi connectivity index (χ0n) is 31.4. The van der Waals surface area contributed by atoms with Crippen molar-refractivity contribution in [3.05, 3.63) is 95.9 Å². The summed E-state index contributed by atoms with van der Waals surface area (Å²) in [4.78, 5) is 67.9. The van der Waals surface area contributed by atoms with Crippen LogP contribution in [0.3, 0.4) is 0 Å². The Balaban J connectivity index is 0.761. The first-order valence-corrected chi connectivity index (χ1v) is 19.6. The molecule has 1 aliphatic heterocycles. The van der Waals surface area contributed by atoms with Gasteiger partial charge in [0.15, 0.2) is 18.0 Å². The van der Waals surface area contributed by atoms with Crippen molar-refractivity contribution in [3.8, 4) is 0 Å². The van der Waals surface area contributed by atoms with Crippen LogP contribution in [0.25, 0.3) is 10.8 Å². The quantitative estimate of drug-likeness (QED) is 0.157. The normalized spacial score (nSPS) is 30.2. The minimum atomic E-state index is -1.05. The number of anilines is 1. The standard InChI is InChI=1S/C44H47N3O9/c1-42-16-13-32(48)20-30(42)10-12-33-35-14-17-43(44(35,56-43)21-36(49)40(33)42)37(50)25-55-39(52)4-2-3-38(51)54-24-26-5-7-27(8-6-26)34(22-45)41(53)47-31-11-9-29-23-46-18-15-28(29)19-31/h5-9,11,13,15-16,18-20,23,33-36,40,49H,2-4,10,12,14,17,21-22,24-25,45H2,1H3,(H,47,53)/t33-,34+,35-,36-,40+,42-,43-,44+/m0/s1. The Hall–Kier alpha value is -5.04. The minimum Gasteiger partial charge on any atom is -0.461 e. The number of carbonyl (C=O) groups is 5. The number of amides is 1. The highest BCUT2D eigenvalue weighted by atomic mass is 16.6. The maximum Gasteiger partial charge on any atom is 0.306 e. The van der Waals surface area contributed by atoms with Gasteiger partial charge < -0.3 is 30.4 Å². The van der Waals surface area contributed by atoms with Crippen molar-refractivity contribution in [1.29, 1.82) is 0 Å². The number of aliphatic hydroxyl groups excluding tert-OH is 1. The molecule has 4 aliphatic carbocycles. The minimum absolute atomic E-state index is 0.000706. The Morgan fingerprint density at radius 1 is 1.04 bits per heavy atom. The highest BCUT2D eigenvalue weighted by Crippen LogP contribution is 2.73. The largest absolute Gasteiger partial charge is 0.461 e. The summed E-state index contributed by atoms with van der Waals surface area (Å²) in [6.45, 7) is 1.82. The van der Waals surface area contributed by atoms with Crippen molar-refractivity contribution >= 4 is 45.9 Å². The average molecular weight is 762 g/mol. The van der Waals surface area contributed by atoms with Crippen molar-refractivity contribution in [2.75, 3.05) is 18.5 Å². The molecule has 1 aromatic heterocycles. The molecule has 8 atom stereocenters. The maximum atomic E-state index is 13.5. The number of pyridine rings is 1. The summed E-state index contributed by atoms with van der Waals surface area (Å²) in [5.74, 6) is -1.96. The number of allylic oxidation sites excluding steroid dienone is 4. The lowest BCUT2D eigenvalue weighted by molar-refractivity contribution is -0.150. The first-order valence-electron chi connectivity index (χ1n) is 19.6. The molecular formula is C44H47N3O9. The number of epoxide rings is 1. The van der Waals surface area contributed by atoms with Gasteiger partial charge in [0, 0.05) is 60.6 Å². The Labute approximate surface area is 324 Å². The molecule has 292 valence electrons. The van der Waals surface area contributed by atoms with Gasteiger partial charge in [-0.3, -0.25) is 29.0 Å². The Bertz CT molecular complexity index is 2150. The zero-order valence-corrected chi connectivity index (χ0v) is 31.4. The highest BCUT2D eigenvalue weighted by molar-refractivity contribution is 6.01. The molecule has 5 aliphatic rings. The molecule has 4 N–H and O–H groups in total. The fraction of sp³-hybridized carbons (Fsp3) is 0.455. The number of nitrogens with one attached hydrogen (secondary N) is 1. The zero-order chi connectivity index (χ0) is 39.2. The Kier molecular flexibility index (Phi) is 10.0. The number of ether oxygens (including phenoxy) is 3. The molecule has 12 nitrogen and oxygen atoms in total. The number of nitrogens with two attached hydrogens (primary N) is 1. The van der Waals surface area contributed by atoms with Crippen LogP contribution in [0.1, 0.15) is 75.3 Å². The lowest BCUT2D eigenvalue weighted by Crippen LogP contribution is -2.56.